The quantitative estimate of drug-likeness (QED) is 0.286. The highest BCUT2D eigenvalue weighted by Gasteiger charge is 2.45. The second-order valence-corrected chi connectivity index (χ2v) is 9.29. The van der Waals surface area contributed by atoms with Gasteiger partial charge in [-0.2, -0.15) is 0 Å². The zero-order chi connectivity index (χ0) is 26.4. The molecule has 2 heterocycles. The van der Waals surface area contributed by atoms with Crippen molar-refractivity contribution in [2.24, 2.45) is 0 Å². The van der Waals surface area contributed by atoms with Crippen molar-refractivity contribution >= 4 is 0 Å². The molecule has 5 atom stereocenters. The minimum Gasteiger partial charge on any atom is -0.443 e. The lowest BCUT2D eigenvalue weighted by molar-refractivity contribution is -0.278. The second-order valence-electron chi connectivity index (χ2n) is 9.29. The van der Waals surface area contributed by atoms with E-state index in [1.807, 2.05) is 37.3 Å². The zero-order valence-electron chi connectivity index (χ0n) is 21.2. The minimum atomic E-state index is -1.53. The number of aryl methyl sites for hydroxylation is 1. The maximum absolute atomic E-state index is 10.5. The maximum atomic E-state index is 10.5. The average Bonchev–Trinajstić information content (AvgIpc) is 3.21. The number of benzene rings is 2. The van der Waals surface area contributed by atoms with Crippen LogP contribution in [0.25, 0.3) is 0 Å². The van der Waals surface area contributed by atoms with Gasteiger partial charge in [-0.3, -0.25) is 4.68 Å². The molecule has 1 unspecified atom stereocenters. The van der Waals surface area contributed by atoms with Crippen LogP contribution in [0.4, 0.5) is 0 Å². The summed E-state index contributed by atoms with van der Waals surface area (Å²) in [6.07, 6.45) is -5.40. The molecular formula is C28H36N2O7. The van der Waals surface area contributed by atoms with E-state index in [2.05, 4.69) is 36.3 Å². The Kier molecular flexibility index (Phi) is 9.31. The number of aliphatic hydroxyl groups excluding tert-OH is 4. The fourth-order valence-electron chi connectivity index (χ4n) is 4.36. The van der Waals surface area contributed by atoms with E-state index < -0.39 is 37.3 Å². The number of nitrogens with zero attached hydrogens (tertiary/aromatic N) is 2. The van der Waals surface area contributed by atoms with Crippen molar-refractivity contribution in [2.75, 3.05) is 13.2 Å². The molecule has 1 aliphatic heterocycles. The molecule has 1 saturated heterocycles. The van der Waals surface area contributed by atoms with E-state index in [9.17, 15) is 20.4 Å². The molecule has 200 valence electrons. The Hall–Kier alpha value is -2.79. The van der Waals surface area contributed by atoms with Gasteiger partial charge in [0, 0.05) is 17.7 Å². The lowest BCUT2D eigenvalue weighted by atomic mass is 9.99. The van der Waals surface area contributed by atoms with Gasteiger partial charge in [-0.05, 0) is 30.0 Å². The third-order valence-electron chi connectivity index (χ3n) is 6.74. The molecule has 4 N–H and O–H groups in total. The second kappa shape index (κ2) is 12.6. The van der Waals surface area contributed by atoms with Gasteiger partial charge in [0.25, 0.3) is 0 Å². The standard InChI is InChI=1S/C28H36N2O7/c1-3-19-9-11-20(12-10-19)15-22-18(2)30(13-14-35-17-21-7-5-4-6-8-21)29-27(22)37-28-26(34)25(33)24(32)23(16-31)36-28/h4-12,23-26,28,31-34H,3,13-17H2,1-2H3/t23-,24-,25+,26-,28?/m1/s1. The van der Waals surface area contributed by atoms with Crippen LogP contribution in [0.1, 0.15) is 34.9 Å². The molecule has 0 bridgehead atoms. The fraction of sp³-hybridized carbons (Fsp3) is 0.464. The molecule has 3 aromatic rings. The first-order valence-electron chi connectivity index (χ1n) is 12.6. The largest absolute Gasteiger partial charge is 0.443 e. The van der Waals surface area contributed by atoms with Crippen LogP contribution in [0, 0.1) is 6.92 Å². The molecule has 1 fully saturated rings. The van der Waals surface area contributed by atoms with Crippen LogP contribution >= 0.6 is 0 Å². The third kappa shape index (κ3) is 6.56. The molecule has 9 nitrogen and oxygen atoms in total. The first kappa shape index (κ1) is 27.3. The van der Waals surface area contributed by atoms with Crippen molar-refractivity contribution in [3.8, 4) is 5.88 Å². The number of ether oxygens (including phenoxy) is 3. The molecule has 0 amide bonds. The van der Waals surface area contributed by atoms with Gasteiger partial charge in [-0.15, -0.1) is 5.10 Å². The molecule has 1 aromatic heterocycles. The lowest BCUT2D eigenvalue weighted by Gasteiger charge is -2.39. The number of hydrogen-bond donors (Lipinski definition) is 4. The topological polar surface area (TPSA) is 126 Å². The first-order valence-corrected chi connectivity index (χ1v) is 12.6. The Morgan fingerprint density at radius 1 is 0.919 bits per heavy atom. The summed E-state index contributed by atoms with van der Waals surface area (Å²) < 4.78 is 19.2. The van der Waals surface area contributed by atoms with Crippen LogP contribution in [-0.4, -0.2) is 74.1 Å². The number of hydrogen-bond acceptors (Lipinski definition) is 8. The third-order valence-corrected chi connectivity index (χ3v) is 6.74. The summed E-state index contributed by atoms with van der Waals surface area (Å²) in [7, 11) is 0. The Bertz CT molecular complexity index is 1120. The SMILES string of the molecule is CCc1ccc(Cc2c(OC3O[C@H](CO)[C@@H](O)[C@H](O)[C@H]3O)nn(CCOCc3ccccc3)c2C)cc1. The minimum absolute atomic E-state index is 0.254. The summed E-state index contributed by atoms with van der Waals surface area (Å²) >= 11 is 0. The highest BCUT2D eigenvalue weighted by Crippen LogP contribution is 2.29. The van der Waals surface area contributed by atoms with Crippen molar-refractivity contribution < 1.29 is 34.6 Å². The fourth-order valence-corrected chi connectivity index (χ4v) is 4.36. The van der Waals surface area contributed by atoms with E-state index in [0.717, 1.165) is 28.8 Å². The Morgan fingerprint density at radius 3 is 2.30 bits per heavy atom. The van der Waals surface area contributed by atoms with Crippen molar-refractivity contribution in [1.82, 2.24) is 9.78 Å². The molecule has 37 heavy (non-hydrogen) atoms. The number of aromatic nitrogens is 2. The predicted octanol–water partition coefficient (Wildman–Crippen LogP) is 1.74. The molecule has 0 spiro atoms. The lowest BCUT2D eigenvalue weighted by Crippen LogP contribution is -2.60. The summed E-state index contributed by atoms with van der Waals surface area (Å²) in [5, 5.41) is 44.9. The van der Waals surface area contributed by atoms with E-state index in [0.29, 0.717) is 26.2 Å². The van der Waals surface area contributed by atoms with Crippen LogP contribution in [-0.2, 0) is 35.5 Å². The normalized spacial score (nSPS) is 23.8. The zero-order valence-corrected chi connectivity index (χ0v) is 21.2. The van der Waals surface area contributed by atoms with E-state index in [-0.39, 0.29) is 5.88 Å². The molecule has 4 rings (SSSR count). The molecule has 0 radical (unpaired) electrons. The van der Waals surface area contributed by atoms with Gasteiger partial charge in [-0.1, -0.05) is 61.5 Å². The summed E-state index contributed by atoms with van der Waals surface area (Å²) in [4.78, 5) is 0. The first-order chi connectivity index (χ1) is 17.9. The molecule has 2 aromatic carbocycles. The van der Waals surface area contributed by atoms with Crippen LogP contribution in [0.2, 0.25) is 0 Å². The highest BCUT2D eigenvalue weighted by atomic mass is 16.7. The van der Waals surface area contributed by atoms with Gasteiger partial charge in [0.2, 0.25) is 12.2 Å². The Labute approximate surface area is 216 Å². The summed E-state index contributed by atoms with van der Waals surface area (Å²) in [5.41, 5.74) is 5.08. The van der Waals surface area contributed by atoms with Crippen LogP contribution in [0.5, 0.6) is 5.88 Å². The summed E-state index contributed by atoms with van der Waals surface area (Å²) in [6, 6.07) is 18.2. The van der Waals surface area contributed by atoms with E-state index in [1.54, 1.807) is 4.68 Å². The van der Waals surface area contributed by atoms with E-state index in [1.165, 1.54) is 5.56 Å². The van der Waals surface area contributed by atoms with Gasteiger partial charge in [0.15, 0.2) is 0 Å². The molecular weight excluding hydrogens is 476 g/mol. The van der Waals surface area contributed by atoms with Gasteiger partial charge in [0.1, 0.15) is 24.4 Å². The predicted molar refractivity (Wildman–Crippen MR) is 136 cm³/mol. The van der Waals surface area contributed by atoms with E-state index >= 15 is 0 Å². The van der Waals surface area contributed by atoms with Gasteiger partial charge < -0.3 is 34.6 Å². The molecule has 1 aliphatic rings. The smallest absolute Gasteiger partial charge is 0.239 e. The van der Waals surface area contributed by atoms with Crippen molar-refractivity contribution in [3.63, 3.8) is 0 Å². The van der Waals surface area contributed by atoms with Gasteiger partial charge >= 0.3 is 0 Å². The molecule has 0 aliphatic carbocycles. The number of rotatable bonds is 11. The average molecular weight is 513 g/mol. The highest BCUT2D eigenvalue weighted by molar-refractivity contribution is 5.37. The number of aliphatic hydroxyl groups is 4. The van der Waals surface area contributed by atoms with Gasteiger partial charge in [-0.25, -0.2) is 0 Å². The van der Waals surface area contributed by atoms with Crippen molar-refractivity contribution in [1.29, 1.82) is 0 Å². The van der Waals surface area contributed by atoms with Crippen LogP contribution < -0.4 is 4.74 Å². The van der Waals surface area contributed by atoms with Crippen LogP contribution in [0.15, 0.2) is 54.6 Å². The monoisotopic (exact) mass is 512 g/mol. The molecule has 9 heteroatoms. The van der Waals surface area contributed by atoms with Crippen LogP contribution in [0.3, 0.4) is 0 Å². The van der Waals surface area contributed by atoms with Crippen molar-refractivity contribution in [2.45, 2.75) is 70.5 Å². The molecule has 0 saturated carbocycles. The maximum Gasteiger partial charge on any atom is 0.239 e. The summed E-state index contributed by atoms with van der Waals surface area (Å²) in [5.74, 6) is 0.254. The van der Waals surface area contributed by atoms with Crippen molar-refractivity contribution in [3.05, 3.63) is 82.5 Å². The Balaban J connectivity index is 1.53. The van der Waals surface area contributed by atoms with E-state index in [4.69, 9.17) is 14.2 Å². The summed E-state index contributed by atoms with van der Waals surface area (Å²) in [6.45, 7) is 4.93. The Morgan fingerprint density at radius 2 is 1.62 bits per heavy atom. The van der Waals surface area contributed by atoms with Gasteiger partial charge in [0.05, 0.1) is 26.4 Å².